The van der Waals surface area contributed by atoms with Crippen molar-refractivity contribution >= 4 is 11.9 Å². The Kier molecular flexibility index (Phi) is 8.71. The monoisotopic (exact) mass is 400 g/mol. The molecule has 0 spiro atoms. The van der Waals surface area contributed by atoms with Gasteiger partial charge in [0.1, 0.15) is 12.2 Å². The summed E-state index contributed by atoms with van der Waals surface area (Å²) in [4.78, 5) is 25.0. The Morgan fingerprint density at radius 1 is 1.00 bits per heavy atom. The lowest BCUT2D eigenvalue weighted by Gasteiger charge is -2.25. The molecule has 0 aromatic heterocycles. The second-order valence-electron chi connectivity index (χ2n) is 8.44. The van der Waals surface area contributed by atoms with Crippen molar-refractivity contribution in [3.05, 3.63) is 0 Å². The molecule has 8 atom stereocenters. The van der Waals surface area contributed by atoms with Gasteiger partial charge in [-0.3, -0.25) is 9.59 Å². The summed E-state index contributed by atoms with van der Waals surface area (Å²) in [5, 5.41) is 20.4. The third-order valence-electron chi connectivity index (χ3n) is 6.00. The number of hydrogen-bond acceptors (Lipinski definition) is 7. The molecule has 28 heavy (non-hydrogen) atoms. The first-order chi connectivity index (χ1) is 13.2. The highest BCUT2D eigenvalue weighted by molar-refractivity contribution is 5.73. The lowest BCUT2D eigenvalue weighted by atomic mass is 9.96. The number of hydrogen-bond donors (Lipinski definition) is 2. The highest BCUT2D eigenvalue weighted by Gasteiger charge is 2.37. The minimum atomic E-state index is -0.894. The van der Waals surface area contributed by atoms with Gasteiger partial charge in [-0.2, -0.15) is 0 Å². The Balaban J connectivity index is 2.15. The van der Waals surface area contributed by atoms with E-state index in [1.807, 2.05) is 13.8 Å². The summed E-state index contributed by atoms with van der Waals surface area (Å²) in [7, 11) is 0. The molecule has 0 aliphatic carbocycles. The molecule has 2 bridgehead atoms. The van der Waals surface area contributed by atoms with Crippen LogP contribution in [0.1, 0.15) is 72.6 Å². The molecule has 0 aromatic rings. The molecule has 2 aliphatic rings. The second kappa shape index (κ2) is 10.6. The Labute approximate surface area is 167 Å². The van der Waals surface area contributed by atoms with E-state index in [1.165, 1.54) is 0 Å². The Bertz CT molecular complexity index is 523. The number of rotatable bonds is 3. The summed E-state index contributed by atoms with van der Waals surface area (Å²) in [6.45, 7) is 7.14. The average molecular weight is 401 g/mol. The first-order valence-electron chi connectivity index (χ1n) is 10.6. The third kappa shape index (κ3) is 6.42. The lowest BCUT2D eigenvalue weighted by Crippen LogP contribution is -2.33. The van der Waals surface area contributed by atoms with Gasteiger partial charge in [0.15, 0.2) is 0 Å². The zero-order chi connectivity index (χ0) is 20.8. The van der Waals surface area contributed by atoms with E-state index in [1.54, 1.807) is 13.8 Å². The van der Waals surface area contributed by atoms with Crippen LogP contribution >= 0.6 is 0 Å². The van der Waals surface area contributed by atoms with Gasteiger partial charge in [-0.05, 0) is 52.9 Å². The van der Waals surface area contributed by atoms with Gasteiger partial charge in [0.2, 0.25) is 0 Å². The molecule has 2 aliphatic heterocycles. The van der Waals surface area contributed by atoms with Gasteiger partial charge in [-0.1, -0.05) is 6.92 Å². The van der Waals surface area contributed by atoms with E-state index in [9.17, 15) is 19.8 Å². The summed E-state index contributed by atoms with van der Waals surface area (Å²) < 4.78 is 17.2. The fraction of sp³-hybridized carbons (Fsp3) is 0.905. The van der Waals surface area contributed by atoms with Crippen LogP contribution in [0.2, 0.25) is 0 Å². The van der Waals surface area contributed by atoms with Crippen LogP contribution in [0.5, 0.6) is 0 Å². The normalized spacial score (nSPS) is 39.4. The Morgan fingerprint density at radius 3 is 2.36 bits per heavy atom. The van der Waals surface area contributed by atoms with Crippen molar-refractivity contribution in [1.29, 1.82) is 0 Å². The molecule has 0 unspecified atom stereocenters. The third-order valence-corrected chi connectivity index (χ3v) is 6.00. The number of cyclic esters (lactones) is 2. The van der Waals surface area contributed by atoms with Crippen molar-refractivity contribution in [2.45, 2.75) is 109 Å². The van der Waals surface area contributed by atoms with Crippen LogP contribution in [-0.2, 0) is 23.8 Å². The molecular weight excluding hydrogens is 364 g/mol. The molecule has 162 valence electrons. The molecule has 2 fully saturated rings. The van der Waals surface area contributed by atoms with E-state index < -0.39 is 36.1 Å². The van der Waals surface area contributed by atoms with Crippen LogP contribution in [0, 0.1) is 11.8 Å². The summed E-state index contributed by atoms with van der Waals surface area (Å²) in [6.07, 6.45) is 1.09. The summed E-state index contributed by atoms with van der Waals surface area (Å²) in [6, 6.07) is 0. The van der Waals surface area contributed by atoms with Crippen molar-refractivity contribution < 1.29 is 34.0 Å². The molecule has 0 saturated carbocycles. The van der Waals surface area contributed by atoms with E-state index in [0.717, 1.165) is 12.8 Å². The fourth-order valence-corrected chi connectivity index (χ4v) is 3.88. The van der Waals surface area contributed by atoms with Gasteiger partial charge < -0.3 is 24.4 Å². The lowest BCUT2D eigenvalue weighted by molar-refractivity contribution is -0.160. The predicted octanol–water partition coefficient (Wildman–Crippen LogP) is 2.36. The van der Waals surface area contributed by atoms with E-state index in [0.29, 0.717) is 25.7 Å². The van der Waals surface area contributed by atoms with Crippen molar-refractivity contribution in [2.24, 2.45) is 11.8 Å². The van der Waals surface area contributed by atoms with Crippen molar-refractivity contribution in [1.82, 2.24) is 0 Å². The number of carbonyl (C=O) groups excluding carboxylic acids is 2. The summed E-state index contributed by atoms with van der Waals surface area (Å²) in [5.74, 6) is -1.84. The van der Waals surface area contributed by atoms with E-state index in [-0.39, 0.29) is 30.7 Å². The molecule has 7 nitrogen and oxygen atoms in total. The molecule has 2 heterocycles. The van der Waals surface area contributed by atoms with Gasteiger partial charge in [0.25, 0.3) is 0 Å². The highest BCUT2D eigenvalue weighted by Crippen LogP contribution is 2.30. The summed E-state index contributed by atoms with van der Waals surface area (Å²) >= 11 is 0. The van der Waals surface area contributed by atoms with Gasteiger partial charge in [-0.15, -0.1) is 0 Å². The molecule has 2 N–H and O–H groups in total. The standard InChI is InChI=1S/C21H36O7/c1-5-15(22)11-17-6-8-18(23)13(3)20(24)26-12(2)10-16-7-9-19(27-16)14(4)21(25)28-17/h12-19,22-23H,5-11H2,1-4H3/t12-,13+,14-,15+,16+,17-,18+,19-/m0/s1. The van der Waals surface area contributed by atoms with Crippen LogP contribution in [0.4, 0.5) is 0 Å². The SMILES string of the molecule is CC[C@@H](O)C[C@@H]1CC[C@@H](O)[C@@H](C)C(=O)O[C@@H](C)C[C@H]2CC[C@H](O2)[C@H](C)C(=O)O1. The fourth-order valence-electron chi connectivity index (χ4n) is 3.88. The van der Waals surface area contributed by atoms with Crippen molar-refractivity contribution in [3.8, 4) is 0 Å². The zero-order valence-corrected chi connectivity index (χ0v) is 17.5. The summed E-state index contributed by atoms with van der Waals surface area (Å²) in [5.41, 5.74) is 0. The number of ether oxygens (including phenoxy) is 3. The number of aliphatic hydroxyl groups excluding tert-OH is 2. The smallest absolute Gasteiger partial charge is 0.311 e. The molecular formula is C21H36O7. The number of fused-ring (bicyclic) bond motifs is 2. The van der Waals surface area contributed by atoms with E-state index >= 15 is 0 Å². The number of carbonyl (C=O) groups is 2. The van der Waals surface area contributed by atoms with Crippen LogP contribution in [0.25, 0.3) is 0 Å². The van der Waals surface area contributed by atoms with Crippen LogP contribution < -0.4 is 0 Å². The van der Waals surface area contributed by atoms with Crippen LogP contribution in [0.15, 0.2) is 0 Å². The maximum atomic E-state index is 12.7. The second-order valence-corrected chi connectivity index (χ2v) is 8.44. The maximum Gasteiger partial charge on any atom is 0.311 e. The van der Waals surface area contributed by atoms with Gasteiger partial charge in [-0.25, -0.2) is 0 Å². The minimum absolute atomic E-state index is 0.0638. The topological polar surface area (TPSA) is 102 Å². The first kappa shape index (κ1) is 23.1. The first-order valence-corrected chi connectivity index (χ1v) is 10.6. The molecule has 2 saturated heterocycles. The quantitative estimate of drug-likeness (QED) is 0.701. The van der Waals surface area contributed by atoms with Crippen molar-refractivity contribution in [2.75, 3.05) is 0 Å². The van der Waals surface area contributed by atoms with Crippen LogP contribution in [-0.4, -0.2) is 58.8 Å². The number of aliphatic hydroxyl groups is 2. The van der Waals surface area contributed by atoms with E-state index in [4.69, 9.17) is 14.2 Å². The molecule has 2 rings (SSSR count). The molecule has 7 heteroatoms. The minimum Gasteiger partial charge on any atom is -0.462 e. The van der Waals surface area contributed by atoms with Gasteiger partial charge in [0, 0.05) is 12.8 Å². The maximum absolute atomic E-state index is 12.7. The average Bonchev–Trinajstić information content (AvgIpc) is 3.11. The van der Waals surface area contributed by atoms with E-state index in [2.05, 4.69) is 0 Å². The number of esters is 2. The molecule has 0 radical (unpaired) electrons. The highest BCUT2D eigenvalue weighted by atomic mass is 16.6. The van der Waals surface area contributed by atoms with Gasteiger partial charge >= 0.3 is 11.9 Å². The van der Waals surface area contributed by atoms with Gasteiger partial charge in [0.05, 0.1) is 36.3 Å². The Morgan fingerprint density at radius 2 is 1.68 bits per heavy atom. The molecule has 0 amide bonds. The Hall–Kier alpha value is -1.18. The largest absolute Gasteiger partial charge is 0.462 e. The van der Waals surface area contributed by atoms with Crippen molar-refractivity contribution in [3.63, 3.8) is 0 Å². The predicted molar refractivity (Wildman–Crippen MR) is 102 cm³/mol. The van der Waals surface area contributed by atoms with Crippen LogP contribution in [0.3, 0.4) is 0 Å². The zero-order valence-electron chi connectivity index (χ0n) is 17.5. The molecule has 0 aromatic carbocycles.